The molecule has 6 rings (SSSR count). The number of nitrogens with one attached hydrogen (secondary N) is 2. The summed E-state index contributed by atoms with van der Waals surface area (Å²) in [5.41, 5.74) is 6.88. The van der Waals surface area contributed by atoms with E-state index in [-0.39, 0.29) is 17.6 Å². The first-order valence-electron chi connectivity index (χ1n) is 15.6. The lowest BCUT2D eigenvalue weighted by Gasteiger charge is -2.20. The molecule has 0 saturated heterocycles. The van der Waals surface area contributed by atoms with E-state index in [1.165, 1.54) is 16.3 Å². The number of carboxylic acids is 1. The third kappa shape index (κ3) is 6.81. The molecule has 0 saturated carbocycles. The normalized spacial score (nSPS) is 12.2. The molecule has 1 heterocycles. The summed E-state index contributed by atoms with van der Waals surface area (Å²) >= 11 is 0. The van der Waals surface area contributed by atoms with E-state index < -0.39 is 12.0 Å². The fourth-order valence-electron chi connectivity index (χ4n) is 5.77. The number of hydrogen-bond donors (Lipinski definition) is 3. The van der Waals surface area contributed by atoms with Gasteiger partial charge in [-0.15, -0.1) is 0 Å². The van der Waals surface area contributed by atoms with Gasteiger partial charge in [-0.25, -0.2) is 4.79 Å². The van der Waals surface area contributed by atoms with Gasteiger partial charge in [-0.1, -0.05) is 99.6 Å². The summed E-state index contributed by atoms with van der Waals surface area (Å²) in [7, 11) is 0. The van der Waals surface area contributed by atoms with E-state index in [2.05, 4.69) is 67.5 Å². The van der Waals surface area contributed by atoms with Crippen molar-refractivity contribution in [3.05, 3.63) is 143 Å². The van der Waals surface area contributed by atoms with E-state index in [1.54, 1.807) is 24.3 Å². The number of carbonyl (C=O) groups excluding carboxylic acids is 1. The van der Waals surface area contributed by atoms with Crippen molar-refractivity contribution in [1.29, 1.82) is 0 Å². The van der Waals surface area contributed by atoms with Crippen LogP contribution in [0.3, 0.4) is 0 Å². The Balaban J connectivity index is 1.08. The summed E-state index contributed by atoms with van der Waals surface area (Å²) in [6, 6.07) is 36.0. The Hall–Kier alpha value is -5.36. The fraction of sp³-hybridized carbons (Fsp3) is 0.200. The Kier molecular flexibility index (Phi) is 8.62. The van der Waals surface area contributed by atoms with E-state index in [9.17, 15) is 14.7 Å². The lowest BCUT2D eigenvalue weighted by molar-refractivity contribution is -0.137. The summed E-state index contributed by atoms with van der Waals surface area (Å²) < 4.78 is 6.01. The average molecular weight is 611 g/mol. The summed E-state index contributed by atoms with van der Waals surface area (Å²) in [4.78, 5) is 29.2. The van der Waals surface area contributed by atoms with Gasteiger partial charge in [-0.2, -0.15) is 0 Å². The van der Waals surface area contributed by atoms with Crippen LogP contribution in [0.15, 0.2) is 115 Å². The monoisotopic (exact) mass is 610 g/mol. The van der Waals surface area contributed by atoms with Crippen LogP contribution < -0.4 is 10.1 Å². The lowest BCUT2D eigenvalue weighted by atomic mass is 9.86. The van der Waals surface area contributed by atoms with Crippen molar-refractivity contribution in [2.45, 2.75) is 45.1 Å². The minimum absolute atomic E-state index is 0.0194. The second kappa shape index (κ2) is 12.9. The third-order valence-corrected chi connectivity index (χ3v) is 8.41. The Morgan fingerprint density at radius 1 is 0.783 bits per heavy atom. The van der Waals surface area contributed by atoms with Gasteiger partial charge in [0.05, 0.1) is 6.61 Å². The number of aromatic amines is 1. The van der Waals surface area contributed by atoms with Gasteiger partial charge < -0.3 is 20.1 Å². The molecule has 5 aromatic carbocycles. The minimum atomic E-state index is -0.996. The summed E-state index contributed by atoms with van der Waals surface area (Å²) in [6.45, 7) is 6.91. The molecular formula is C40H38N2O4. The Labute approximate surface area is 269 Å². The molecule has 0 aliphatic heterocycles. The van der Waals surface area contributed by atoms with Crippen LogP contribution in [0.2, 0.25) is 0 Å². The van der Waals surface area contributed by atoms with Crippen molar-refractivity contribution in [3.8, 4) is 5.75 Å². The predicted octanol–water partition coefficient (Wildman–Crippen LogP) is 8.58. The van der Waals surface area contributed by atoms with Crippen LogP contribution in [0.25, 0.3) is 21.8 Å². The van der Waals surface area contributed by atoms with Crippen molar-refractivity contribution in [1.82, 2.24) is 4.98 Å². The highest BCUT2D eigenvalue weighted by Gasteiger charge is 2.22. The van der Waals surface area contributed by atoms with Crippen molar-refractivity contribution in [2.75, 3.05) is 11.9 Å². The first kappa shape index (κ1) is 30.7. The van der Waals surface area contributed by atoms with Gasteiger partial charge in [0, 0.05) is 51.5 Å². The van der Waals surface area contributed by atoms with Crippen molar-refractivity contribution in [2.24, 2.45) is 0 Å². The van der Waals surface area contributed by atoms with E-state index in [4.69, 9.17) is 4.74 Å². The number of aromatic nitrogens is 1. The lowest BCUT2D eigenvalue weighted by Crippen LogP contribution is -2.32. The summed E-state index contributed by atoms with van der Waals surface area (Å²) in [5, 5.41) is 15.6. The number of benzene rings is 5. The van der Waals surface area contributed by atoms with Crippen molar-refractivity contribution >= 4 is 39.2 Å². The zero-order chi connectivity index (χ0) is 32.3. The van der Waals surface area contributed by atoms with Gasteiger partial charge in [0.2, 0.25) is 0 Å². The zero-order valence-corrected chi connectivity index (χ0v) is 26.3. The predicted molar refractivity (Wildman–Crippen MR) is 185 cm³/mol. The molecule has 0 radical (unpaired) electrons. The summed E-state index contributed by atoms with van der Waals surface area (Å²) in [6.07, 6.45) is 1.000. The number of anilines is 1. The van der Waals surface area contributed by atoms with Crippen molar-refractivity contribution in [3.63, 3.8) is 0 Å². The molecule has 0 aliphatic rings. The molecule has 1 atom stereocenters. The highest BCUT2D eigenvalue weighted by atomic mass is 16.5. The third-order valence-electron chi connectivity index (χ3n) is 8.41. The first-order valence-corrected chi connectivity index (χ1v) is 15.6. The van der Waals surface area contributed by atoms with Crippen LogP contribution in [-0.4, -0.2) is 34.5 Å². The van der Waals surface area contributed by atoms with Crippen LogP contribution >= 0.6 is 0 Å². The maximum atomic E-state index is 13.4. The molecule has 3 N–H and O–H groups in total. The first-order chi connectivity index (χ1) is 22.2. The molecule has 0 aliphatic carbocycles. The number of ether oxygens (including phenoxy) is 1. The van der Waals surface area contributed by atoms with Crippen LogP contribution in [0, 0.1) is 0 Å². The number of H-pyrrole nitrogens is 1. The maximum Gasteiger partial charge on any atom is 0.326 e. The average Bonchev–Trinajstić information content (AvgIpc) is 3.42. The number of para-hydroxylation sites is 2. The van der Waals surface area contributed by atoms with Crippen molar-refractivity contribution < 1.29 is 19.4 Å². The highest BCUT2D eigenvalue weighted by Crippen LogP contribution is 2.27. The number of carbonyl (C=O) groups is 2. The second-order valence-corrected chi connectivity index (χ2v) is 12.7. The number of rotatable bonds is 11. The second-order valence-electron chi connectivity index (χ2n) is 12.7. The van der Waals surface area contributed by atoms with Crippen LogP contribution in [0.4, 0.5) is 5.69 Å². The van der Waals surface area contributed by atoms with E-state index in [0.717, 1.165) is 34.3 Å². The fourth-order valence-corrected chi connectivity index (χ4v) is 5.77. The Morgan fingerprint density at radius 2 is 1.46 bits per heavy atom. The minimum Gasteiger partial charge on any atom is -0.493 e. The van der Waals surface area contributed by atoms with E-state index >= 15 is 0 Å². The largest absolute Gasteiger partial charge is 0.493 e. The smallest absolute Gasteiger partial charge is 0.326 e. The molecule has 0 fully saturated rings. The maximum absolute atomic E-state index is 13.4. The Morgan fingerprint density at radius 3 is 2.20 bits per heavy atom. The Bertz CT molecular complexity index is 2000. The number of hydrogen-bond acceptors (Lipinski definition) is 4. The van der Waals surface area contributed by atoms with Crippen LogP contribution in [0.5, 0.6) is 5.75 Å². The molecule has 6 heteroatoms. The molecule has 232 valence electrons. The number of ketones is 1. The molecule has 46 heavy (non-hydrogen) atoms. The zero-order valence-electron chi connectivity index (χ0n) is 26.3. The molecule has 1 unspecified atom stereocenters. The van der Waals surface area contributed by atoms with Gasteiger partial charge in [-0.3, -0.25) is 4.79 Å². The molecular weight excluding hydrogens is 572 g/mol. The van der Waals surface area contributed by atoms with Crippen LogP contribution in [0.1, 0.15) is 53.4 Å². The van der Waals surface area contributed by atoms with Gasteiger partial charge in [0.15, 0.2) is 5.78 Å². The molecule has 6 aromatic rings. The van der Waals surface area contributed by atoms with Gasteiger partial charge in [-0.05, 0) is 58.5 Å². The number of carboxylic acid groups (broad SMARTS) is 1. The number of aliphatic carboxylic acids is 1. The molecule has 0 amide bonds. The van der Waals surface area contributed by atoms with E-state index in [1.807, 2.05) is 54.6 Å². The quantitative estimate of drug-likeness (QED) is 0.128. The van der Waals surface area contributed by atoms with Gasteiger partial charge in [0.1, 0.15) is 11.8 Å². The van der Waals surface area contributed by atoms with Gasteiger partial charge >= 0.3 is 5.97 Å². The van der Waals surface area contributed by atoms with E-state index in [0.29, 0.717) is 23.4 Å². The number of fused-ring (bicyclic) bond motifs is 3. The molecule has 0 bridgehead atoms. The van der Waals surface area contributed by atoms with Gasteiger partial charge in [0.25, 0.3) is 0 Å². The highest BCUT2D eigenvalue weighted by molar-refractivity contribution is 6.12. The molecule has 6 nitrogen and oxygen atoms in total. The SMILES string of the molecule is CC(C)(C)c1ccc(C(=O)c2ccccc2NC(Cc2ccc(OCCc3ccc4c(c3)[nH]c3ccccc34)cc2)C(=O)O)cc1. The summed E-state index contributed by atoms with van der Waals surface area (Å²) in [5.74, 6) is -0.428. The van der Waals surface area contributed by atoms with Crippen LogP contribution in [-0.2, 0) is 23.1 Å². The standard InChI is InChI=1S/C40H38N2O4/c1-40(2,3)29-17-15-28(16-18-29)38(43)33-9-5-7-11-35(33)42-37(39(44)45)25-26-12-19-30(20-13-26)46-23-22-27-14-21-32-31-8-4-6-10-34(31)41-36(32)24-27/h4-21,24,37,41-42H,22-23,25H2,1-3H3,(H,44,45). The molecule has 1 aromatic heterocycles. The topological polar surface area (TPSA) is 91.4 Å². The molecule has 0 spiro atoms.